The zero-order valence-electron chi connectivity index (χ0n) is 7.41. The largest absolute Gasteiger partial charge is 0.368 e. The SMILES string of the molecule is NC(=O)CONC(=O)CC1CCC1. The van der Waals surface area contributed by atoms with Crippen LogP contribution < -0.4 is 11.2 Å². The van der Waals surface area contributed by atoms with Crippen LogP contribution in [-0.4, -0.2) is 18.4 Å². The number of primary amides is 1. The molecule has 1 aliphatic rings. The van der Waals surface area contributed by atoms with Crippen LogP contribution in [-0.2, 0) is 14.4 Å². The molecule has 0 heterocycles. The summed E-state index contributed by atoms with van der Waals surface area (Å²) >= 11 is 0. The smallest absolute Gasteiger partial charge is 0.246 e. The molecule has 5 heteroatoms. The third-order valence-corrected chi connectivity index (χ3v) is 2.10. The lowest BCUT2D eigenvalue weighted by molar-refractivity contribution is -0.139. The van der Waals surface area contributed by atoms with E-state index in [0.29, 0.717) is 12.3 Å². The first-order valence-corrected chi connectivity index (χ1v) is 4.37. The van der Waals surface area contributed by atoms with Crippen LogP contribution in [0.1, 0.15) is 25.7 Å². The van der Waals surface area contributed by atoms with Gasteiger partial charge in [0, 0.05) is 6.42 Å². The Kier molecular flexibility index (Phi) is 3.70. The molecule has 0 unspecified atom stereocenters. The second-order valence-electron chi connectivity index (χ2n) is 3.28. The fourth-order valence-corrected chi connectivity index (χ4v) is 1.19. The summed E-state index contributed by atoms with van der Waals surface area (Å²) in [5, 5.41) is 0. The van der Waals surface area contributed by atoms with E-state index in [9.17, 15) is 9.59 Å². The van der Waals surface area contributed by atoms with E-state index in [-0.39, 0.29) is 12.5 Å². The van der Waals surface area contributed by atoms with E-state index in [1.807, 2.05) is 0 Å². The lowest BCUT2D eigenvalue weighted by Crippen LogP contribution is -2.31. The Balaban J connectivity index is 2.00. The van der Waals surface area contributed by atoms with E-state index in [1.165, 1.54) is 6.42 Å². The van der Waals surface area contributed by atoms with Crippen molar-refractivity contribution in [1.29, 1.82) is 0 Å². The van der Waals surface area contributed by atoms with Crippen molar-refractivity contribution < 1.29 is 14.4 Å². The molecule has 1 fully saturated rings. The first kappa shape index (κ1) is 9.98. The van der Waals surface area contributed by atoms with Gasteiger partial charge < -0.3 is 5.73 Å². The number of hydrogen-bond donors (Lipinski definition) is 2. The molecule has 13 heavy (non-hydrogen) atoms. The van der Waals surface area contributed by atoms with Gasteiger partial charge in [-0.25, -0.2) is 5.48 Å². The lowest BCUT2D eigenvalue weighted by atomic mass is 9.83. The average molecular weight is 186 g/mol. The molecule has 0 atom stereocenters. The predicted octanol–water partition coefficient (Wildman–Crippen LogP) is -0.290. The fraction of sp³-hybridized carbons (Fsp3) is 0.750. The summed E-state index contributed by atoms with van der Waals surface area (Å²) in [5.74, 6) is -0.271. The number of rotatable bonds is 5. The van der Waals surface area contributed by atoms with Gasteiger partial charge in [-0.1, -0.05) is 6.42 Å². The highest BCUT2D eigenvalue weighted by Crippen LogP contribution is 2.28. The summed E-state index contributed by atoms with van der Waals surface area (Å²) in [7, 11) is 0. The van der Waals surface area contributed by atoms with Crippen molar-refractivity contribution >= 4 is 11.8 Å². The molecular weight excluding hydrogens is 172 g/mol. The van der Waals surface area contributed by atoms with E-state index in [4.69, 9.17) is 5.73 Å². The molecule has 0 aromatic rings. The highest BCUT2D eigenvalue weighted by atomic mass is 16.7. The third-order valence-electron chi connectivity index (χ3n) is 2.10. The van der Waals surface area contributed by atoms with Crippen LogP contribution in [0.5, 0.6) is 0 Å². The van der Waals surface area contributed by atoms with E-state index in [0.717, 1.165) is 12.8 Å². The van der Waals surface area contributed by atoms with Crippen molar-refractivity contribution in [2.45, 2.75) is 25.7 Å². The van der Waals surface area contributed by atoms with Crippen molar-refractivity contribution in [2.24, 2.45) is 11.7 Å². The molecular formula is C8H14N2O3. The Labute approximate surface area is 76.6 Å². The first-order chi connectivity index (χ1) is 6.18. The zero-order valence-corrected chi connectivity index (χ0v) is 7.41. The summed E-state index contributed by atoms with van der Waals surface area (Å²) in [5.41, 5.74) is 6.98. The van der Waals surface area contributed by atoms with E-state index >= 15 is 0 Å². The molecule has 1 aliphatic carbocycles. The van der Waals surface area contributed by atoms with Gasteiger partial charge in [-0.2, -0.15) is 0 Å². The average Bonchev–Trinajstić information content (AvgIpc) is 1.96. The Morgan fingerprint density at radius 2 is 2.15 bits per heavy atom. The maximum atomic E-state index is 11.0. The van der Waals surface area contributed by atoms with Crippen LogP contribution in [0.15, 0.2) is 0 Å². The third kappa shape index (κ3) is 3.89. The van der Waals surface area contributed by atoms with Gasteiger partial charge in [0.15, 0.2) is 6.61 Å². The molecule has 5 nitrogen and oxygen atoms in total. The highest BCUT2D eigenvalue weighted by Gasteiger charge is 2.20. The van der Waals surface area contributed by atoms with E-state index < -0.39 is 5.91 Å². The molecule has 1 rings (SSSR count). The Morgan fingerprint density at radius 1 is 1.46 bits per heavy atom. The Bertz CT molecular complexity index is 202. The monoisotopic (exact) mass is 186 g/mol. The maximum absolute atomic E-state index is 11.0. The molecule has 2 amide bonds. The van der Waals surface area contributed by atoms with Crippen molar-refractivity contribution in [3.05, 3.63) is 0 Å². The number of carbonyl (C=O) groups is 2. The molecule has 3 N–H and O–H groups in total. The minimum Gasteiger partial charge on any atom is -0.368 e. The van der Waals surface area contributed by atoms with Crippen LogP contribution in [0.25, 0.3) is 0 Å². The van der Waals surface area contributed by atoms with Gasteiger partial charge in [-0.3, -0.25) is 14.4 Å². The summed E-state index contributed by atoms with van der Waals surface area (Å²) < 4.78 is 0. The lowest BCUT2D eigenvalue weighted by Gasteiger charge is -2.24. The van der Waals surface area contributed by atoms with Crippen molar-refractivity contribution in [2.75, 3.05) is 6.61 Å². The van der Waals surface area contributed by atoms with E-state index in [2.05, 4.69) is 10.3 Å². The van der Waals surface area contributed by atoms with Gasteiger partial charge in [-0.15, -0.1) is 0 Å². The second-order valence-corrected chi connectivity index (χ2v) is 3.28. The van der Waals surface area contributed by atoms with Gasteiger partial charge in [0.2, 0.25) is 11.8 Å². The van der Waals surface area contributed by atoms with Gasteiger partial charge in [-0.05, 0) is 18.8 Å². The minimum absolute atomic E-state index is 0.175. The minimum atomic E-state index is -0.594. The molecule has 0 bridgehead atoms. The Morgan fingerprint density at radius 3 is 2.62 bits per heavy atom. The topological polar surface area (TPSA) is 81.4 Å². The normalized spacial score (nSPS) is 16.3. The summed E-state index contributed by atoms with van der Waals surface area (Å²) in [6.45, 7) is -0.267. The van der Waals surface area contributed by atoms with Gasteiger partial charge in [0.1, 0.15) is 0 Å². The number of carbonyl (C=O) groups excluding carboxylic acids is 2. The van der Waals surface area contributed by atoms with E-state index in [1.54, 1.807) is 0 Å². The molecule has 0 spiro atoms. The number of hydrogen-bond acceptors (Lipinski definition) is 3. The fourth-order valence-electron chi connectivity index (χ4n) is 1.19. The highest BCUT2D eigenvalue weighted by molar-refractivity contribution is 5.77. The first-order valence-electron chi connectivity index (χ1n) is 4.37. The van der Waals surface area contributed by atoms with Gasteiger partial charge >= 0.3 is 0 Å². The van der Waals surface area contributed by atoms with Gasteiger partial charge in [0.05, 0.1) is 0 Å². The number of hydroxylamine groups is 1. The summed E-state index contributed by atoms with van der Waals surface area (Å²) in [6, 6.07) is 0. The van der Waals surface area contributed by atoms with Crippen LogP contribution in [0.3, 0.4) is 0 Å². The quantitative estimate of drug-likeness (QED) is 0.579. The predicted molar refractivity (Wildman–Crippen MR) is 45.2 cm³/mol. The van der Waals surface area contributed by atoms with Crippen molar-refractivity contribution in [3.63, 3.8) is 0 Å². The van der Waals surface area contributed by atoms with Gasteiger partial charge in [0.25, 0.3) is 0 Å². The molecule has 1 saturated carbocycles. The Hall–Kier alpha value is -1.10. The second kappa shape index (κ2) is 4.81. The molecule has 0 saturated heterocycles. The zero-order chi connectivity index (χ0) is 9.68. The molecule has 74 valence electrons. The standard InChI is InChI=1S/C8H14N2O3/c9-7(11)5-13-10-8(12)4-6-2-1-3-6/h6H,1-5H2,(H2,9,11)(H,10,12). The number of amides is 2. The molecule has 0 aromatic carbocycles. The van der Waals surface area contributed by atoms with Crippen LogP contribution in [0, 0.1) is 5.92 Å². The maximum Gasteiger partial charge on any atom is 0.246 e. The number of nitrogens with one attached hydrogen (secondary N) is 1. The van der Waals surface area contributed by atoms with Crippen LogP contribution >= 0.6 is 0 Å². The molecule has 0 aliphatic heterocycles. The summed E-state index contributed by atoms with van der Waals surface area (Å²) in [4.78, 5) is 25.8. The van der Waals surface area contributed by atoms with Crippen LogP contribution in [0.2, 0.25) is 0 Å². The van der Waals surface area contributed by atoms with Crippen LogP contribution in [0.4, 0.5) is 0 Å². The molecule has 0 aromatic heterocycles. The molecule has 0 radical (unpaired) electrons. The van der Waals surface area contributed by atoms with Crippen molar-refractivity contribution in [3.8, 4) is 0 Å². The van der Waals surface area contributed by atoms with Crippen molar-refractivity contribution in [1.82, 2.24) is 5.48 Å². The summed E-state index contributed by atoms with van der Waals surface area (Å²) in [6.07, 6.45) is 3.92. The number of nitrogens with two attached hydrogens (primary N) is 1.